The average Bonchev–Trinajstić information content (AvgIpc) is 2.13. The lowest BCUT2D eigenvalue weighted by Crippen LogP contribution is -1.94. The molecule has 0 aromatic carbocycles. The van der Waals surface area contributed by atoms with Crippen LogP contribution in [-0.4, -0.2) is 11.0 Å². The Balaban J connectivity index is 3.05. The van der Waals surface area contributed by atoms with Crippen LogP contribution in [0.25, 0.3) is 0 Å². The number of allylic oxidation sites excluding steroid dienone is 3. The summed E-state index contributed by atoms with van der Waals surface area (Å²) in [5.74, 6) is 3.30. The van der Waals surface area contributed by atoms with Crippen LogP contribution in [0.5, 0.6) is 0 Å². The zero-order chi connectivity index (χ0) is 8.27. The lowest BCUT2D eigenvalue weighted by Gasteiger charge is -2.04. The molecule has 0 saturated heterocycles. The van der Waals surface area contributed by atoms with Crippen molar-refractivity contribution in [2.75, 3.05) is 0 Å². The van der Waals surface area contributed by atoms with E-state index in [4.69, 9.17) is 0 Å². The average molecular weight is 149 g/mol. The molecular formula is C9H11NO. The van der Waals surface area contributed by atoms with E-state index in [2.05, 4.69) is 10.9 Å². The first-order valence-corrected chi connectivity index (χ1v) is 3.60. The van der Waals surface area contributed by atoms with Gasteiger partial charge in [-0.05, 0) is 17.9 Å². The summed E-state index contributed by atoms with van der Waals surface area (Å²) >= 11 is 0. The van der Waals surface area contributed by atoms with Crippen LogP contribution in [-0.2, 0) is 0 Å². The third-order valence-electron chi connectivity index (χ3n) is 1.52. The molecule has 0 atom stereocenters. The van der Waals surface area contributed by atoms with E-state index in [0.29, 0.717) is 5.92 Å². The van der Waals surface area contributed by atoms with Gasteiger partial charge in [0.2, 0.25) is 0 Å². The van der Waals surface area contributed by atoms with E-state index >= 15 is 0 Å². The maximum atomic E-state index is 9.38. The van der Waals surface area contributed by atoms with E-state index in [1.54, 1.807) is 12.2 Å². The Labute approximate surface area is 66.3 Å². The molecule has 1 N–H and O–H groups in total. The highest BCUT2D eigenvalue weighted by atomic mass is 16.3. The van der Waals surface area contributed by atoms with Gasteiger partial charge in [-0.15, -0.1) is 0 Å². The van der Waals surface area contributed by atoms with Gasteiger partial charge in [-0.25, -0.2) is 4.99 Å². The molecule has 0 fully saturated rings. The molecule has 2 nitrogen and oxygen atoms in total. The van der Waals surface area contributed by atoms with Crippen LogP contribution >= 0.6 is 0 Å². The van der Waals surface area contributed by atoms with E-state index < -0.39 is 0 Å². The molecule has 0 aliphatic carbocycles. The summed E-state index contributed by atoms with van der Waals surface area (Å²) in [5.41, 5.74) is 0.877. The third-order valence-corrected chi connectivity index (χ3v) is 1.52. The number of nitrogens with zero attached hydrogens (tertiary/aromatic N) is 1. The highest BCUT2D eigenvalue weighted by molar-refractivity contribution is 5.60. The van der Waals surface area contributed by atoms with Crippen LogP contribution in [0.2, 0.25) is 0 Å². The number of rotatable bonds is 1. The minimum atomic E-state index is 0.286. The summed E-state index contributed by atoms with van der Waals surface area (Å²) in [7, 11) is 0. The molecular weight excluding hydrogens is 138 g/mol. The molecule has 58 valence electrons. The molecule has 0 amide bonds. The van der Waals surface area contributed by atoms with Crippen molar-refractivity contribution >= 4 is 5.87 Å². The smallest absolute Gasteiger partial charge is 0.121 e. The van der Waals surface area contributed by atoms with Crippen LogP contribution in [0.1, 0.15) is 13.8 Å². The summed E-state index contributed by atoms with van der Waals surface area (Å²) in [5, 5.41) is 9.38. The van der Waals surface area contributed by atoms with Crippen LogP contribution in [0.15, 0.2) is 34.7 Å². The normalized spacial score (nSPS) is 16.3. The van der Waals surface area contributed by atoms with Crippen molar-refractivity contribution in [2.45, 2.75) is 13.8 Å². The number of aliphatic hydroxyl groups excluding tert-OH is 1. The second kappa shape index (κ2) is 3.22. The maximum Gasteiger partial charge on any atom is 0.121 e. The number of hydrogen-bond donors (Lipinski definition) is 1. The van der Waals surface area contributed by atoms with E-state index in [0.717, 1.165) is 5.57 Å². The van der Waals surface area contributed by atoms with Crippen molar-refractivity contribution in [2.24, 2.45) is 10.9 Å². The fourth-order valence-corrected chi connectivity index (χ4v) is 0.890. The first kappa shape index (κ1) is 7.83. The molecule has 0 unspecified atom stereocenters. The molecule has 0 radical (unpaired) electrons. The summed E-state index contributed by atoms with van der Waals surface area (Å²) in [6.07, 6.45) is 4.81. The Morgan fingerprint density at radius 1 is 1.55 bits per heavy atom. The van der Waals surface area contributed by atoms with Gasteiger partial charge in [0.25, 0.3) is 0 Å². The van der Waals surface area contributed by atoms with Gasteiger partial charge in [-0.2, -0.15) is 0 Å². The minimum Gasteiger partial charge on any atom is -0.508 e. The standard InChI is InChI=1S/C9H11NO/c1-7(2)8-3-5-10-6-4-9(8)11/h3-4,6-7,11H,1-2H3. The summed E-state index contributed by atoms with van der Waals surface area (Å²) in [4.78, 5) is 3.77. The molecule has 0 aromatic rings. The first-order chi connectivity index (χ1) is 5.22. The molecule has 1 aliphatic heterocycles. The van der Waals surface area contributed by atoms with Gasteiger partial charge >= 0.3 is 0 Å². The molecule has 1 rings (SSSR count). The van der Waals surface area contributed by atoms with Gasteiger partial charge in [-0.3, -0.25) is 0 Å². The molecule has 1 aliphatic rings. The zero-order valence-corrected chi connectivity index (χ0v) is 6.70. The second-order valence-electron chi connectivity index (χ2n) is 2.71. The Kier molecular flexibility index (Phi) is 2.29. The fraction of sp³-hybridized carbons (Fsp3) is 0.333. The van der Waals surface area contributed by atoms with Crippen LogP contribution in [0, 0.1) is 5.92 Å². The lowest BCUT2D eigenvalue weighted by atomic mass is 10.0. The van der Waals surface area contributed by atoms with Gasteiger partial charge < -0.3 is 5.11 Å². The quantitative estimate of drug-likeness (QED) is 0.609. The molecule has 0 saturated carbocycles. The van der Waals surface area contributed by atoms with Crippen molar-refractivity contribution in [1.82, 2.24) is 0 Å². The molecule has 0 spiro atoms. The Morgan fingerprint density at radius 3 is 2.91 bits per heavy atom. The van der Waals surface area contributed by atoms with E-state index in [1.807, 2.05) is 13.8 Å². The Bertz CT molecular complexity index is 265. The number of aliphatic imine (C=N–C) groups is 1. The predicted molar refractivity (Wildman–Crippen MR) is 45.6 cm³/mol. The van der Waals surface area contributed by atoms with E-state index in [9.17, 15) is 5.11 Å². The largest absolute Gasteiger partial charge is 0.508 e. The van der Waals surface area contributed by atoms with Crippen molar-refractivity contribution < 1.29 is 5.11 Å². The molecule has 0 bridgehead atoms. The molecule has 11 heavy (non-hydrogen) atoms. The van der Waals surface area contributed by atoms with Crippen LogP contribution in [0.3, 0.4) is 0 Å². The monoisotopic (exact) mass is 149 g/mol. The summed E-state index contributed by atoms with van der Waals surface area (Å²) < 4.78 is 0. The van der Waals surface area contributed by atoms with Crippen molar-refractivity contribution in [3.63, 3.8) is 0 Å². The highest BCUT2D eigenvalue weighted by Crippen LogP contribution is 2.15. The van der Waals surface area contributed by atoms with Crippen molar-refractivity contribution in [1.29, 1.82) is 0 Å². The summed E-state index contributed by atoms with van der Waals surface area (Å²) in [6.45, 7) is 4.03. The Morgan fingerprint density at radius 2 is 2.27 bits per heavy atom. The van der Waals surface area contributed by atoms with E-state index in [-0.39, 0.29) is 5.76 Å². The highest BCUT2D eigenvalue weighted by Gasteiger charge is 2.05. The van der Waals surface area contributed by atoms with Crippen LogP contribution in [0.4, 0.5) is 0 Å². The van der Waals surface area contributed by atoms with Gasteiger partial charge in [0.1, 0.15) is 5.76 Å². The first-order valence-electron chi connectivity index (χ1n) is 3.60. The van der Waals surface area contributed by atoms with Gasteiger partial charge in [0, 0.05) is 17.8 Å². The third kappa shape index (κ3) is 1.82. The molecule has 1 heterocycles. The van der Waals surface area contributed by atoms with Crippen molar-refractivity contribution in [3.8, 4) is 0 Å². The lowest BCUT2D eigenvalue weighted by molar-refractivity contribution is 0.420. The predicted octanol–water partition coefficient (Wildman–Crippen LogP) is 2.21. The zero-order valence-electron chi connectivity index (χ0n) is 6.70. The number of hydrogen-bond acceptors (Lipinski definition) is 2. The van der Waals surface area contributed by atoms with Gasteiger partial charge in [-0.1, -0.05) is 13.8 Å². The van der Waals surface area contributed by atoms with Crippen LogP contribution < -0.4 is 0 Å². The van der Waals surface area contributed by atoms with E-state index in [1.165, 1.54) is 6.20 Å². The fourth-order valence-electron chi connectivity index (χ4n) is 0.890. The topological polar surface area (TPSA) is 32.6 Å². The Hall–Kier alpha value is -1.27. The molecule has 2 heteroatoms. The van der Waals surface area contributed by atoms with Crippen molar-refractivity contribution in [3.05, 3.63) is 29.7 Å². The maximum absolute atomic E-state index is 9.38. The van der Waals surface area contributed by atoms with Gasteiger partial charge in [0.15, 0.2) is 0 Å². The number of aliphatic hydroxyl groups is 1. The summed E-state index contributed by atoms with van der Waals surface area (Å²) in [6, 6.07) is 0. The minimum absolute atomic E-state index is 0.286. The second-order valence-corrected chi connectivity index (χ2v) is 2.71. The van der Waals surface area contributed by atoms with Gasteiger partial charge in [0.05, 0.1) is 0 Å². The molecule has 0 aromatic heterocycles. The SMILES string of the molecule is CC(C)C1=C(O)C=CN=C=C1.